The Morgan fingerprint density at radius 2 is 2.15 bits per heavy atom. The second kappa shape index (κ2) is 6.10. The van der Waals surface area contributed by atoms with Crippen molar-refractivity contribution < 1.29 is 14.6 Å². The number of hydrogen-bond acceptors (Lipinski definition) is 4. The Labute approximate surface area is 124 Å². The van der Waals surface area contributed by atoms with Crippen LogP contribution in [0.25, 0.3) is 0 Å². The largest absolute Gasteiger partial charge is 0.506 e. The van der Waals surface area contributed by atoms with Crippen molar-refractivity contribution in [3.05, 3.63) is 16.7 Å². The summed E-state index contributed by atoms with van der Waals surface area (Å²) in [6.45, 7) is 3.29. The normalized spacial score (nSPS) is 22.4. The van der Waals surface area contributed by atoms with Gasteiger partial charge in [0.25, 0.3) is 0 Å². The average molecular weight is 298 g/mol. The van der Waals surface area contributed by atoms with E-state index < -0.39 is 0 Å². The summed E-state index contributed by atoms with van der Waals surface area (Å²) in [5, 5.41) is 14.0. The van der Waals surface area contributed by atoms with E-state index in [1.165, 1.54) is 6.42 Å². The van der Waals surface area contributed by atoms with Crippen molar-refractivity contribution in [1.82, 2.24) is 5.32 Å². The number of nitrogens with one attached hydrogen (secondary N) is 1. The molecule has 5 heteroatoms. The molecule has 1 aromatic rings. The van der Waals surface area contributed by atoms with Crippen molar-refractivity contribution in [3.63, 3.8) is 0 Å². The van der Waals surface area contributed by atoms with Crippen molar-refractivity contribution in [3.8, 4) is 17.2 Å². The first-order valence-corrected chi connectivity index (χ1v) is 7.64. The van der Waals surface area contributed by atoms with E-state index in [1.807, 2.05) is 0 Å². The summed E-state index contributed by atoms with van der Waals surface area (Å²) in [5.41, 5.74) is 0.795. The van der Waals surface area contributed by atoms with E-state index in [2.05, 4.69) is 5.32 Å². The minimum atomic E-state index is 0.140. The molecule has 0 aliphatic carbocycles. The summed E-state index contributed by atoms with van der Waals surface area (Å²) in [7, 11) is 0. The Hall–Kier alpha value is -1.13. The lowest BCUT2D eigenvalue weighted by atomic mass is 9.91. The molecule has 0 amide bonds. The predicted molar refractivity (Wildman–Crippen MR) is 78.0 cm³/mol. The summed E-state index contributed by atoms with van der Waals surface area (Å²) in [4.78, 5) is 0. The average Bonchev–Trinajstić information content (AvgIpc) is 2.70. The third-order valence-corrected chi connectivity index (χ3v) is 4.24. The van der Waals surface area contributed by atoms with E-state index in [9.17, 15) is 5.11 Å². The molecule has 1 saturated heterocycles. The molecule has 0 bridgehead atoms. The molecule has 0 aromatic heterocycles. The monoisotopic (exact) mass is 297 g/mol. The van der Waals surface area contributed by atoms with Crippen LogP contribution < -0.4 is 14.8 Å². The van der Waals surface area contributed by atoms with Gasteiger partial charge in [-0.15, -0.1) is 0 Å². The van der Waals surface area contributed by atoms with Gasteiger partial charge in [-0.2, -0.15) is 0 Å². The molecule has 2 aliphatic rings. The number of hydrogen-bond donors (Lipinski definition) is 2. The van der Waals surface area contributed by atoms with Crippen LogP contribution in [-0.4, -0.2) is 31.4 Å². The second-order valence-electron chi connectivity index (χ2n) is 5.48. The molecule has 2 heterocycles. The summed E-state index contributed by atoms with van der Waals surface area (Å²) in [6, 6.07) is 1.65. The molecule has 3 rings (SSSR count). The van der Waals surface area contributed by atoms with Gasteiger partial charge in [0.15, 0.2) is 11.5 Å². The smallest absolute Gasteiger partial charge is 0.168 e. The molecule has 1 atom stereocenters. The number of phenolic OH excluding ortho intramolecular Hbond substituents is 1. The quantitative estimate of drug-likeness (QED) is 0.881. The molecule has 1 aromatic carbocycles. The molecule has 1 unspecified atom stereocenters. The van der Waals surface area contributed by atoms with Gasteiger partial charge in [0, 0.05) is 18.1 Å². The highest BCUT2D eigenvalue weighted by atomic mass is 35.5. The van der Waals surface area contributed by atoms with Gasteiger partial charge in [-0.1, -0.05) is 11.6 Å². The van der Waals surface area contributed by atoms with Crippen LogP contribution in [0.2, 0.25) is 5.02 Å². The van der Waals surface area contributed by atoms with Crippen LogP contribution >= 0.6 is 11.6 Å². The lowest BCUT2D eigenvalue weighted by Crippen LogP contribution is -2.31. The van der Waals surface area contributed by atoms with Gasteiger partial charge in [0.05, 0.1) is 18.2 Å². The number of fused-ring (bicyclic) bond motifs is 1. The zero-order valence-electron chi connectivity index (χ0n) is 11.5. The van der Waals surface area contributed by atoms with Crippen LogP contribution in [0.3, 0.4) is 0 Å². The van der Waals surface area contributed by atoms with Gasteiger partial charge < -0.3 is 19.9 Å². The highest BCUT2D eigenvalue weighted by molar-refractivity contribution is 6.32. The van der Waals surface area contributed by atoms with Crippen molar-refractivity contribution in [2.75, 3.05) is 26.3 Å². The van der Waals surface area contributed by atoms with E-state index in [1.54, 1.807) is 6.07 Å². The highest BCUT2D eigenvalue weighted by Crippen LogP contribution is 2.44. The molecule has 110 valence electrons. The van der Waals surface area contributed by atoms with E-state index in [0.717, 1.165) is 37.9 Å². The van der Waals surface area contributed by atoms with Crippen LogP contribution in [0.5, 0.6) is 17.2 Å². The Morgan fingerprint density at radius 3 is 2.95 bits per heavy atom. The Balaban J connectivity index is 1.92. The molecular weight excluding hydrogens is 278 g/mol. The fourth-order valence-electron chi connectivity index (χ4n) is 2.91. The summed E-state index contributed by atoms with van der Waals surface area (Å²) >= 11 is 6.12. The molecule has 0 radical (unpaired) electrons. The Kier molecular flexibility index (Phi) is 4.22. The zero-order valence-corrected chi connectivity index (χ0v) is 12.2. The van der Waals surface area contributed by atoms with Crippen LogP contribution in [0, 0.1) is 5.92 Å². The highest BCUT2D eigenvalue weighted by Gasteiger charge is 2.24. The molecule has 1 fully saturated rings. The zero-order chi connectivity index (χ0) is 13.9. The summed E-state index contributed by atoms with van der Waals surface area (Å²) in [6.07, 6.45) is 3.95. The molecule has 4 nitrogen and oxygen atoms in total. The molecule has 0 spiro atoms. The molecule has 20 heavy (non-hydrogen) atoms. The number of benzene rings is 1. The topological polar surface area (TPSA) is 50.7 Å². The number of piperidine rings is 1. The van der Waals surface area contributed by atoms with Crippen molar-refractivity contribution >= 4 is 11.6 Å². The third-order valence-electron chi connectivity index (χ3n) is 3.95. The summed E-state index contributed by atoms with van der Waals surface area (Å²) < 4.78 is 11.5. The molecule has 2 aliphatic heterocycles. The number of aromatic hydroxyl groups is 1. The molecular formula is C15H20ClNO3. The van der Waals surface area contributed by atoms with Crippen LogP contribution in [0.15, 0.2) is 6.07 Å². The van der Waals surface area contributed by atoms with Crippen LogP contribution in [0.1, 0.15) is 24.8 Å². The molecule has 0 saturated carbocycles. The minimum absolute atomic E-state index is 0.140. The van der Waals surface area contributed by atoms with E-state index in [4.69, 9.17) is 21.1 Å². The maximum absolute atomic E-state index is 10.3. The van der Waals surface area contributed by atoms with Crippen LogP contribution in [0.4, 0.5) is 0 Å². The van der Waals surface area contributed by atoms with Crippen molar-refractivity contribution in [2.24, 2.45) is 5.92 Å². The number of phenols is 1. The van der Waals surface area contributed by atoms with Gasteiger partial charge in [-0.25, -0.2) is 0 Å². The van der Waals surface area contributed by atoms with Crippen molar-refractivity contribution in [1.29, 1.82) is 0 Å². The standard InChI is InChI=1S/C15H20ClNO3/c16-12-8-13-15(20-6-2-5-19-13)11(14(12)18)7-10-3-1-4-17-9-10/h8,10,17-18H,1-7,9H2. The first kappa shape index (κ1) is 13.8. The maximum Gasteiger partial charge on any atom is 0.168 e. The number of rotatable bonds is 2. The number of halogens is 1. The SMILES string of the molecule is Oc1c(Cl)cc2c(c1CC1CCCNC1)OCCCO2. The minimum Gasteiger partial charge on any atom is -0.506 e. The van der Waals surface area contributed by atoms with Crippen molar-refractivity contribution in [2.45, 2.75) is 25.7 Å². The van der Waals surface area contributed by atoms with E-state index in [0.29, 0.717) is 35.7 Å². The van der Waals surface area contributed by atoms with Gasteiger partial charge in [-0.3, -0.25) is 0 Å². The fourth-order valence-corrected chi connectivity index (χ4v) is 3.12. The van der Waals surface area contributed by atoms with Gasteiger partial charge in [0.1, 0.15) is 5.75 Å². The first-order valence-electron chi connectivity index (χ1n) is 7.26. The van der Waals surface area contributed by atoms with Crippen LogP contribution in [-0.2, 0) is 6.42 Å². The molecule has 2 N–H and O–H groups in total. The predicted octanol–water partition coefficient (Wildman–Crippen LogP) is 2.75. The lowest BCUT2D eigenvalue weighted by Gasteiger charge is -2.24. The van der Waals surface area contributed by atoms with E-state index >= 15 is 0 Å². The Bertz CT molecular complexity index is 486. The number of ether oxygens (including phenoxy) is 2. The van der Waals surface area contributed by atoms with E-state index in [-0.39, 0.29) is 5.75 Å². The van der Waals surface area contributed by atoms with Gasteiger partial charge >= 0.3 is 0 Å². The fraction of sp³-hybridized carbons (Fsp3) is 0.600. The van der Waals surface area contributed by atoms with Gasteiger partial charge in [-0.05, 0) is 38.3 Å². The Morgan fingerprint density at radius 1 is 1.30 bits per heavy atom. The van der Waals surface area contributed by atoms with Gasteiger partial charge in [0.2, 0.25) is 0 Å². The third kappa shape index (κ3) is 2.81. The lowest BCUT2D eigenvalue weighted by molar-refractivity contribution is 0.294. The maximum atomic E-state index is 10.3. The second-order valence-corrected chi connectivity index (χ2v) is 5.89. The first-order chi connectivity index (χ1) is 9.75. The summed E-state index contributed by atoms with van der Waals surface area (Å²) in [5.74, 6) is 1.98.